The van der Waals surface area contributed by atoms with Crippen LogP contribution in [0.5, 0.6) is 0 Å². The number of aliphatic hydroxyl groups is 1. The Kier molecular flexibility index (Phi) is 4.92. The molecule has 3 heterocycles. The molecule has 5 nitrogen and oxygen atoms in total. The lowest BCUT2D eigenvalue weighted by Gasteiger charge is -2.33. The molecule has 3 aromatic rings. The highest BCUT2D eigenvalue weighted by molar-refractivity contribution is 6.32. The van der Waals surface area contributed by atoms with E-state index in [2.05, 4.69) is 36.4 Å². The van der Waals surface area contributed by atoms with Gasteiger partial charge in [-0.3, -0.25) is 0 Å². The topological polar surface area (TPSA) is 54.2 Å². The van der Waals surface area contributed by atoms with Crippen molar-refractivity contribution < 1.29 is 5.11 Å². The first-order valence-electron chi connectivity index (χ1n) is 9.98. The van der Waals surface area contributed by atoms with Crippen molar-refractivity contribution in [3.8, 4) is 5.69 Å². The molecule has 6 heteroatoms. The molecule has 0 spiro atoms. The van der Waals surface area contributed by atoms with Gasteiger partial charge in [-0.05, 0) is 63.1 Å². The van der Waals surface area contributed by atoms with Crippen LogP contribution < -0.4 is 10.4 Å². The average Bonchev–Trinajstić information content (AvgIpc) is 2.96. The van der Waals surface area contributed by atoms with Crippen LogP contribution in [0, 0.1) is 33.6 Å². The van der Waals surface area contributed by atoms with E-state index in [4.69, 9.17) is 17.8 Å². The number of nitrogens with zero attached hydrogens (tertiary/aromatic N) is 4. The molecule has 1 saturated heterocycles. The van der Waals surface area contributed by atoms with Gasteiger partial charge in [0, 0.05) is 25.9 Å². The Bertz CT molecular complexity index is 1020. The van der Waals surface area contributed by atoms with Crippen LogP contribution >= 0.6 is 0 Å². The minimum absolute atomic E-state index is 0.230. The van der Waals surface area contributed by atoms with Gasteiger partial charge in [-0.15, -0.1) is 0 Å². The van der Waals surface area contributed by atoms with E-state index in [1.807, 2.05) is 19.1 Å². The van der Waals surface area contributed by atoms with Gasteiger partial charge in [0.15, 0.2) is 5.65 Å². The summed E-state index contributed by atoms with van der Waals surface area (Å²) in [6.45, 7) is 10.3. The van der Waals surface area contributed by atoms with Gasteiger partial charge in [0.05, 0.1) is 11.1 Å². The van der Waals surface area contributed by atoms with Gasteiger partial charge < -0.3 is 14.6 Å². The fourth-order valence-corrected chi connectivity index (χ4v) is 4.56. The predicted octanol–water partition coefficient (Wildman–Crippen LogP) is 2.66. The van der Waals surface area contributed by atoms with Gasteiger partial charge in [-0.2, -0.15) is 0 Å². The molecule has 1 atom stereocenters. The summed E-state index contributed by atoms with van der Waals surface area (Å²) < 4.78 is 2.18. The lowest BCUT2D eigenvalue weighted by atomic mass is 9.91. The van der Waals surface area contributed by atoms with Crippen LogP contribution in [0.4, 0.5) is 5.82 Å². The summed E-state index contributed by atoms with van der Waals surface area (Å²) in [5.74, 6) is 2.06. The van der Waals surface area contributed by atoms with E-state index in [0.717, 1.165) is 76.4 Å². The second kappa shape index (κ2) is 7.24. The number of anilines is 1. The van der Waals surface area contributed by atoms with Crippen LogP contribution in [-0.2, 0) is 0 Å². The molecule has 2 aromatic heterocycles. The molecule has 1 aromatic carbocycles. The molecule has 0 amide bonds. The molecule has 1 unspecified atom stereocenters. The van der Waals surface area contributed by atoms with Crippen LogP contribution in [0.1, 0.15) is 35.4 Å². The molecule has 1 fully saturated rings. The van der Waals surface area contributed by atoms with Crippen LogP contribution in [0.3, 0.4) is 0 Å². The fraction of sp³-hybridized carbons (Fsp3) is 0.455. The summed E-state index contributed by atoms with van der Waals surface area (Å²) in [6, 6.07) is 4.02. The molecule has 0 aliphatic carbocycles. The largest absolute Gasteiger partial charge is 0.396 e. The standard InChI is InChI=1S/C22H27BN4O/c1-13-8-18(23)9-14(2)20(13)27-10-15(3)19-21(24-16(4)25-22(19)27)26-7-5-6-17(11-26)12-28/h8-10,17,28H,5-7,11-12H2,1-4H3. The lowest BCUT2D eigenvalue weighted by molar-refractivity contribution is 0.208. The van der Waals surface area contributed by atoms with Crippen LogP contribution in [0.15, 0.2) is 18.3 Å². The Labute approximate surface area is 167 Å². The van der Waals surface area contributed by atoms with Crippen molar-refractivity contribution in [1.29, 1.82) is 0 Å². The number of aliphatic hydroxyl groups excluding tert-OH is 1. The zero-order valence-electron chi connectivity index (χ0n) is 17.2. The van der Waals surface area contributed by atoms with Crippen molar-refractivity contribution in [2.24, 2.45) is 5.92 Å². The van der Waals surface area contributed by atoms with Gasteiger partial charge in [0.2, 0.25) is 0 Å². The van der Waals surface area contributed by atoms with Crippen LogP contribution in [0.2, 0.25) is 0 Å². The first-order chi connectivity index (χ1) is 13.4. The Morgan fingerprint density at radius 3 is 2.50 bits per heavy atom. The number of hydrogen-bond donors (Lipinski definition) is 1. The quantitative estimate of drug-likeness (QED) is 0.717. The summed E-state index contributed by atoms with van der Waals surface area (Å²) in [6.07, 6.45) is 4.30. The van der Waals surface area contributed by atoms with Crippen molar-refractivity contribution in [1.82, 2.24) is 14.5 Å². The molecule has 1 aliphatic rings. The van der Waals surface area contributed by atoms with E-state index in [9.17, 15) is 5.11 Å². The van der Waals surface area contributed by atoms with E-state index in [-0.39, 0.29) is 6.61 Å². The molecule has 144 valence electrons. The number of hydrogen-bond acceptors (Lipinski definition) is 4. The molecule has 0 bridgehead atoms. The SMILES string of the molecule is [B]c1cc(C)c(-n2cc(C)c3c(N4CCCC(CO)C4)nc(C)nc32)c(C)c1. The summed E-state index contributed by atoms with van der Waals surface area (Å²) in [5, 5.41) is 10.7. The summed E-state index contributed by atoms with van der Waals surface area (Å²) in [5.41, 5.74) is 6.26. The summed E-state index contributed by atoms with van der Waals surface area (Å²) >= 11 is 0. The van der Waals surface area contributed by atoms with Gasteiger partial charge in [-0.1, -0.05) is 17.6 Å². The highest BCUT2D eigenvalue weighted by Crippen LogP contribution is 2.34. The van der Waals surface area contributed by atoms with E-state index >= 15 is 0 Å². The second-order valence-electron chi connectivity index (χ2n) is 8.12. The van der Waals surface area contributed by atoms with Gasteiger partial charge in [0.25, 0.3) is 0 Å². The average molecular weight is 374 g/mol. The van der Waals surface area contributed by atoms with Crippen LogP contribution in [-0.4, -0.2) is 47.2 Å². The molecule has 0 saturated carbocycles. The highest BCUT2D eigenvalue weighted by atomic mass is 16.3. The fourth-order valence-electron chi connectivity index (χ4n) is 4.56. The number of piperidine rings is 1. The van der Waals surface area contributed by atoms with Crippen molar-refractivity contribution >= 4 is 30.2 Å². The van der Waals surface area contributed by atoms with E-state index < -0.39 is 0 Å². The Balaban J connectivity index is 1.92. The maximum absolute atomic E-state index is 9.64. The maximum Gasteiger partial charge on any atom is 0.150 e. The van der Waals surface area contributed by atoms with E-state index in [1.54, 1.807) is 0 Å². The second-order valence-corrected chi connectivity index (χ2v) is 8.12. The van der Waals surface area contributed by atoms with Gasteiger partial charge >= 0.3 is 0 Å². The number of rotatable bonds is 3. The summed E-state index contributed by atoms with van der Waals surface area (Å²) in [4.78, 5) is 12.0. The highest BCUT2D eigenvalue weighted by Gasteiger charge is 2.25. The predicted molar refractivity (Wildman–Crippen MR) is 115 cm³/mol. The molecule has 1 N–H and O–H groups in total. The molecule has 2 radical (unpaired) electrons. The Hall–Kier alpha value is -2.34. The smallest absolute Gasteiger partial charge is 0.150 e. The number of aromatic nitrogens is 3. The molecule has 4 rings (SSSR count). The zero-order valence-corrected chi connectivity index (χ0v) is 17.2. The first-order valence-corrected chi connectivity index (χ1v) is 9.98. The zero-order chi connectivity index (χ0) is 20.0. The van der Waals surface area contributed by atoms with Crippen molar-refractivity contribution in [3.63, 3.8) is 0 Å². The molecular formula is C22H27BN4O. The third kappa shape index (κ3) is 3.20. The third-order valence-electron chi connectivity index (χ3n) is 5.76. The van der Waals surface area contributed by atoms with Crippen molar-refractivity contribution in [2.45, 2.75) is 40.5 Å². The van der Waals surface area contributed by atoms with Crippen molar-refractivity contribution in [3.05, 3.63) is 40.8 Å². The Morgan fingerprint density at radius 1 is 1.11 bits per heavy atom. The van der Waals surface area contributed by atoms with Crippen LogP contribution in [0.25, 0.3) is 16.7 Å². The first kappa shape index (κ1) is 19.0. The number of aryl methyl sites for hydroxylation is 4. The molecule has 28 heavy (non-hydrogen) atoms. The Morgan fingerprint density at radius 2 is 1.82 bits per heavy atom. The minimum atomic E-state index is 0.230. The summed E-state index contributed by atoms with van der Waals surface area (Å²) in [7, 11) is 6.03. The maximum atomic E-state index is 9.64. The number of benzene rings is 1. The number of fused-ring (bicyclic) bond motifs is 1. The third-order valence-corrected chi connectivity index (χ3v) is 5.76. The van der Waals surface area contributed by atoms with E-state index in [0.29, 0.717) is 5.92 Å². The normalized spacial score (nSPS) is 17.5. The minimum Gasteiger partial charge on any atom is -0.396 e. The van der Waals surface area contributed by atoms with Gasteiger partial charge in [-0.25, -0.2) is 9.97 Å². The monoisotopic (exact) mass is 374 g/mol. The molecular weight excluding hydrogens is 347 g/mol. The van der Waals surface area contributed by atoms with Gasteiger partial charge in [0.1, 0.15) is 19.5 Å². The van der Waals surface area contributed by atoms with E-state index in [1.165, 1.54) is 0 Å². The lowest BCUT2D eigenvalue weighted by Crippen LogP contribution is -2.37. The molecule has 1 aliphatic heterocycles. The van der Waals surface area contributed by atoms with Crippen molar-refractivity contribution in [2.75, 3.05) is 24.6 Å².